The van der Waals surface area contributed by atoms with Crippen molar-refractivity contribution in [1.29, 1.82) is 0 Å². The molecule has 0 bridgehead atoms. The summed E-state index contributed by atoms with van der Waals surface area (Å²) >= 11 is 1.87. The van der Waals surface area contributed by atoms with Crippen molar-refractivity contribution in [3.8, 4) is 0 Å². The van der Waals surface area contributed by atoms with Gasteiger partial charge in [0.15, 0.2) is 6.29 Å². The van der Waals surface area contributed by atoms with Crippen LogP contribution in [0.1, 0.15) is 55.3 Å². The molecular weight excluding hydrogens is 488 g/mol. The third-order valence-corrected chi connectivity index (χ3v) is 7.03. The van der Waals surface area contributed by atoms with Gasteiger partial charge in [-0.2, -0.15) is 11.8 Å². The van der Waals surface area contributed by atoms with Gasteiger partial charge in [0.05, 0.1) is 12.1 Å². The van der Waals surface area contributed by atoms with Crippen molar-refractivity contribution in [2.24, 2.45) is 11.5 Å². The zero-order valence-electron chi connectivity index (χ0n) is 20.1. The van der Waals surface area contributed by atoms with Crippen molar-refractivity contribution in [2.45, 2.75) is 68.3 Å². The SMILES string of the molecule is NCCCC[C@H](N)C(=O)O.O=C(O)CCCC[C@@H]1SC[C@@H]2NC(=O)N[C@@H]21.O=CC(=O)c1ccccc1. The van der Waals surface area contributed by atoms with Crippen molar-refractivity contribution < 1.29 is 34.2 Å². The van der Waals surface area contributed by atoms with Crippen LogP contribution in [0.15, 0.2) is 30.3 Å². The number of benzene rings is 1. The Morgan fingerprint density at radius 3 is 2.36 bits per heavy atom. The zero-order chi connectivity index (χ0) is 26.9. The van der Waals surface area contributed by atoms with Crippen LogP contribution in [-0.2, 0) is 14.4 Å². The molecule has 12 heteroatoms. The molecule has 3 rings (SSSR count). The second-order valence-electron chi connectivity index (χ2n) is 8.34. The fourth-order valence-corrected chi connectivity index (χ4v) is 5.11. The minimum absolute atomic E-state index is 0.0640. The van der Waals surface area contributed by atoms with E-state index in [-0.39, 0.29) is 24.5 Å². The number of carbonyl (C=O) groups excluding carboxylic acids is 3. The molecule has 200 valence electrons. The number of carbonyl (C=O) groups is 5. The highest BCUT2D eigenvalue weighted by Gasteiger charge is 2.42. The first kappa shape index (κ1) is 31.1. The molecule has 0 spiro atoms. The highest BCUT2D eigenvalue weighted by molar-refractivity contribution is 8.00. The van der Waals surface area contributed by atoms with E-state index in [1.807, 2.05) is 11.8 Å². The fourth-order valence-electron chi connectivity index (χ4n) is 3.57. The number of nitrogens with two attached hydrogens (primary N) is 2. The lowest BCUT2D eigenvalue weighted by molar-refractivity contribution is -0.139. The summed E-state index contributed by atoms with van der Waals surface area (Å²) in [6.45, 7) is 0.604. The molecule has 0 aromatic heterocycles. The molecule has 0 aliphatic carbocycles. The van der Waals surface area contributed by atoms with Crippen molar-refractivity contribution in [3.05, 3.63) is 35.9 Å². The largest absolute Gasteiger partial charge is 0.481 e. The van der Waals surface area contributed by atoms with Crippen LogP contribution in [0, 0.1) is 0 Å². The van der Waals surface area contributed by atoms with Gasteiger partial charge in [-0.3, -0.25) is 19.2 Å². The van der Waals surface area contributed by atoms with E-state index in [4.69, 9.17) is 21.7 Å². The van der Waals surface area contributed by atoms with E-state index in [1.54, 1.807) is 30.3 Å². The van der Waals surface area contributed by atoms with Gasteiger partial charge < -0.3 is 32.3 Å². The number of Topliss-reactive ketones (excluding diaryl/α,β-unsaturated/α-hetero) is 1. The van der Waals surface area contributed by atoms with E-state index >= 15 is 0 Å². The number of aldehydes is 1. The van der Waals surface area contributed by atoms with Crippen LogP contribution in [-0.4, -0.2) is 75.9 Å². The van der Waals surface area contributed by atoms with Gasteiger partial charge in [-0.05, 0) is 32.2 Å². The van der Waals surface area contributed by atoms with Crippen LogP contribution in [0.3, 0.4) is 0 Å². The molecule has 2 heterocycles. The Hall–Kier alpha value is -2.96. The second-order valence-corrected chi connectivity index (χ2v) is 9.61. The first-order valence-corrected chi connectivity index (χ1v) is 12.9. The molecule has 2 aliphatic rings. The van der Waals surface area contributed by atoms with Gasteiger partial charge in [0.25, 0.3) is 0 Å². The molecule has 1 aromatic carbocycles. The predicted molar refractivity (Wildman–Crippen MR) is 137 cm³/mol. The van der Waals surface area contributed by atoms with Gasteiger partial charge in [0.1, 0.15) is 6.04 Å². The van der Waals surface area contributed by atoms with E-state index in [0.717, 1.165) is 37.9 Å². The lowest BCUT2D eigenvalue weighted by atomic mass is 10.0. The molecule has 2 aliphatic heterocycles. The van der Waals surface area contributed by atoms with E-state index < -0.39 is 23.8 Å². The standard InChI is InChI=1S/C10H16N2O3S.C8H6O2.C6H14N2O2/c13-8(14)4-2-1-3-7-9-6(5-16-7)11-10(15)12-9;9-6-8(10)7-4-2-1-3-5-7;7-4-2-1-3-5(8)6(9)10/h6-7,9H,1-5H2,(H,13,14)(H2,11,12,15);1-6H;5H,1-4,7-8H2,(H,9,10)/t6-,7-,9-;;5-/m0.0/s1. The second kappa shape index (κ2) is 17.5. The molecule has 0 radical (unpaired) electrons. The van der Waals surface area contributed by atoms with E-state index in [2.05, 4.69) is 10.6 Å². The summed E-state index contributed by atoms with van der Waals surface area (Å²) in [6, 6.07) is 8.17. The number of hydrogen-bond donors (Lipinski definition) is 6. The molecule has 2 saturated heterocycles. The number of hydrogen-bond acceptors (Lipinski definition) is 8. The number of aliphatic carboxylic acids is 2. The number of urea groups is 1. The van der Waals surface area contributed by atoms with E-state index in [0.29, 0.717) is 30.1 Å². The summed E-state index contributed by atoms with van der Waals surface area (Å²) in [4.78, 5) is 52.2. The zero-order valence-corrected chi connectivity index (χ0v) is 21.0. The number of ketones is 1. The first-order chi connectivity index (χ1) is 17.2. The quantitative estimate of drug-likeness (QED) is 0.0762. The maximum absolute atomic E-state index is 11.1. The van der Waals surface area contributed by atoms with Crippen LogP contribution >= 0.6 is 11.8 Å². The minimum Gasteiger partial charge on any atom is -0.481 e. The Morgan fingerprint density at radius 2 is 1.78 bits per heavy atom. The summed E-state index contributed by atoms with van der Waals surface area (Å²) in [5.74, 6) is -1.17. The number of nitrogens with one attached hydrogen (secondary N) is 2. The van der Waals surface area contributed by atoms with Gasteiger partial charge in [-0.25, -0.2) is 4.79 Å². The number of thioether (sulfide) groups is 1. The molecule has 11 nitrogen and oxygen atoms in total. The minimum atomic E-state index is -0.933. The highest BCUT2D eigenvalue weighted by atomic mass is 32.2. The molecule has 8 N–H and O–H groups in total. The summed E-state index contributed by atoms with van der Waals surface area (Å²) in [6.07, 6.45) is 5.36. The van der Waals surface area contributed by atoms with Gasteiger partial charge >= 0.3 is 18.0 Å². The number of rotatable bonds is 12. The molecule has 0 saturated carbocycles. The third-order valence-electron chi connectivity index (χ3n) is 5.52. The monoisotopic (exact) mass is 524 g/mol. The molecule has 36 heavy (non-hydrogen) atoms. The van der Waals surface area contributed by atoms with Crippen molar-refractivity contribution in [1.82, 2.24) is 10.6 Å². The van der Waals surface area contributed by atoms with Crippen molar-refractivity contribution in [3.63, 3.8) is 0 Å². The molecule has 2 fully saturated rings. The van der Waals surface area contributed by atoms with Crippen LogP contribution < -0.4 is 22.1 Å². The highest BCUT2D eigenvalue weighted by Crippen LogP contribution is 2.33. The Morgan fingerprint density at radius 1 is 1.08 bits per heavy atom. The molecule has 0 unspecified atom stereocenters. The van der Waals surface area contributed by atoms with Gasteiger partial charge in [0.2, 0.25) is 5.78 Å². The maximum atomic E-state index is 11.1. The summed E-state index contributed by atoms with van der Waals surface area (Å²) in [5.41, 5.74) is 10.9. The molecule has 2 amide bonds. The topological polar surface area (TPSA) is 202 Å². The van der Waals surface area contributed by atoms with Crippen molar-refractivity contribution >= 4 is 41.8 Å². The Balaban J connectivity index is 0.000000285. The number of amides is 2. The van der Waals surface area contributed by atoms with Crippen LogP contribution in [0.2, 0.25) is 0 Å². The molecule has 4 atom stereocenters. The Labute approximate surface area is 214 Å². The number of fused-ring (bicyclic) bond motifs is 1. The molecular formula is C24H36N4O7S. The average molecular weight is 525 g/mol. The summed E-state index contributed by atoms with van der Waals surface area (Å²) in [5, 5.41) is 23.1. The van der Waals surface area contributed by atoms with Crippen LogP contribution in [0.5, 0.6) is 0 Å². The van der Waals surface area contributed by atoms with E-state index in [1.165, 1.54) is 0 Å². The smallest absolute Gasteiger partial charge is 0.320 e. The lowest BCUT2D eigenvalue weighted by Gasteiger charge is -2.16. The first-order valence-electron chi connectivity index (χ1n) is 11.8. The van der Waals surface area contributed by atoms with Gasteiger partial charge in [0, 0.05) is 23.0 Å². The Bertz CT molecular complexity index is 856. The number of carboxylic acid groups (broad SMARTS) is 2. The summed E-state index contributed by atoms with van der Waals surface area (Å²) in [7, 11) is 0. The maximum Gasteiger partial charge on any atom is 0.320 e. The summed E-state index contributed by atoms with van der Waals surface area (Å²) < 4.78 is 0. The fraction of sp³-hybridized carbons (Fsp3) is 0.542. The van der Waals surface area contributed by atoms with E-state index in [9.17, 15) is 24.0 Å². The van der Waals surface area contributed by atoms with Crippen LogP contribution in [0.25, 0.3) is 0 Å². The number of unbranched alkanes of at least 4 members (excludes halogenated alkanes) is 2. The predicted octanol–water partition coefficient (Wildman–Crippen LogP) is 1.39. The van der Waals surface area contributed by atoms with Gasteiger partial charge in [-0.15, -0.1) is 0 Å². The average Bonchev–Trinajstić information content (AvgIpc) is 3.41. The lowest BCUT2D eigenvalue weighted by Crippen LogP contribution is -2.36. The number of carboxylic acids is 2. The normalized spacial score (nSPS) is 20.3. The van der Waals surface area contributed by atoms with Crippen LogP contribution in [0.4, 0.5) is 4.79 Å². The van der Waals surface area contributed by atoms with Crippen molar-refractivity contribution in [2.75, 3.05) is 12.3 Å². The molecule has 1 aromatic rings. The Kier molecular flexibility index (Phi) is 15.1. The third kappa shape index (κ3) is 12.1. The van der Waals surface area contributed by atoms with Gasteiger partial charge in [-0.1, -0.05) is 43.2 Å².